The zero-order valence-corrected chi connectivity index (χ0v) is 18.1. The van der Waals surface area contributed by atoms with Crippen LogP contribution in [-0.4, -0.2) is 46.5 Å². The van der Waals surface area contributed by atoms with E-state index in [1.807, 2.05) is 6.07 Å². The minimum atomic E-state index is -0.542. The number of esters is 1. The van der Waals surface area contributed by atoms with E-state index in [0.717, 1.165) is 0 Å². The van der Waals surface area contributed by atoms with Crippen LogP contribution in [0.1, 0.15) is 16.1 Å². The molecule has 0 saturated heterocycles. The summed E-state index contributed by atoms with van der Waals surface area (Å²) in [7, 11) is 7.51. The van der Waals surface area contributed by atoms with Crippen molar-refractivity contribution in [1.29, 1.82) is 0 Å². The molecule has 2 aromatic carbocycles. The summed E-state index contributed by atoms with van der Waals surface area (Å²) in [5, 5.41) is 0.675. The van der Waals surface area contributed by atoms with Crippen molar-refractivity contribution in [2.75, 3.05) is 35.5 Å². The van der Waals surface area contributed by atoms with E-state index in [1.54, 1.807) is 52.7 Å². The highest BCUT2D eigenvalue weighted by atomic mass is 35.5. The molecule has 0 aliphatic carbocycles. The van der Waals surface area contributed by atoms with Gasteiger partial charge in [0.25, 0.3) is 0 Å². The van der Waals surface area contributed by atoms with Crippen LogP contribution in [0.3, 0.4) is 0 Å². The first-order chi connectivity index (χ1) is 14.5. The van der Waals surface area contributed by atoms with Gasteiger partial charge in [0, 0.05) is 17.0 Å². The molecule has 0 atom stereocenters. The average molecular weight is 432 g/mol. The van der Waals surface area contributed by atoms with Crippen LogP contribution in [0.15, 0.2) is 30.3 Å². The number of alkyl halides is 1. The smallest absolute Gasteiger partial charge is 0.340 e. The molecule has 7 nitrogen and oxygen atoms in total. The summed E-state index contributed by atoms with van der Waals surface area (Å²) in [4.78, 5) is 17.3. The summed E-state index contributed by atoms with van der Waals surface area (Å²) in [6, 6.07) is 8.90. The summed E-state index contributed by atoms with van der Waals surface area (Å²) < 4.78 is 26.7. The Morgan fingerprint density at radius 2 is 1.47 bits per heavy atom. The number of pyridine rings is 1. The summed E-state index contributed by atoms with van der Waals surface area (Å²) in [6.07, 6.45) is 0. The van der Waals surface area contributed by atoms with Crippen LogP contribution in [0, 0.1) is 0 Å². The lowest BCUT2D eigenvalue weighted by Crippen LogP contribution is -2.10. The van der Waals surface area contributed by atoms with E-state index in [0.29, 0.717) is 50.7 Å². The summed E-state index contributed by atoms with van der Waals surface area (Å²) in [5.74, 6) is 1.58. The van der Waals surface area contributed by atoms with E-state index < -0.39 is 5.97 Å². The molecule has 3 aromatic rings. The minimum absolute atomic E-state index is 0.0228. The molecule has 0 amide bonds. The predicted molar refractivity (Wildman–Crippen MR) is 114 cm³/mol. The SMILES string of the molecule is COC(=O)c1c(CCl)nc2cc(OC)c(OC)cc2c1-c1ccc(OC)c(OC)c1. The Hall–Kier alpha value is -3.19. The van der Waals surface area contributed by atoms with Gasteiger partial charge in [0.2, 0.25) is 0 Å². The first kappa shape index (κ1) is 21.5. The fraction of sp³-hybridized carbons (Fsp3) is 0.273. The van der Waals surface area contributed by atoms with Crippen molar-refractivity contribution >= 4 is 28.5 Å². The first-order valence-electron chi connectivity index (χ1n) is 8.98. The van der Waals surface area contributed by atoms with Crippen LogP contribution in [-0.2, 0) is 10.6 Å². The second kappa shape index (κ2) is 9.09. The van der Waals surface area contributed by atoms with Crippen molar-refractivity contribution in [3.63, 3.8) is 0 Å². The summed E-state index contributed by atoms with van der Waals surface area (Å²) in [6.45, 7) is 0. The number of halogens is 1. The second-order valence-corrected chi connectivity index (χ2v) is 6.50. The number of hydrogen-bond acceptors (Lipinski definition) is 7. The average Bonchev–Trinajstić information content (AvgIpc) is 2.80. The molecule has 0 aliphatic rings. The van der Waals surface area contributed by atoms with Crippen LogP contribution in [0.5, 0.6) is 23.0 Å². The molecule has 0 bridgehead atoms. The number of carbonyl (C=O) groups is 1. The van der Waals surface area contributed by atoms with Crippen LogP contribution in [0.2, 0.25) is 0 Å². The van der Waals surface area contributed by atoms with Gasteiger partial charge in [0.1, 0.15) is 0 Å². The van der Waals surface area contributed by atoms with E-state index in [9.17, 15) is 4.79 Å². The lowest BCUT2D eigenvalue weighted by Gasteiger charge is -2.18. The monoisotopic (exact) mass is 431 g/mol. The Morgan fingerprint density at radius 1 is 0.867 bits per heavy atom. The molecule has 1 aromatic heterocycles. The lowest BCUT2D eigenvalue weighted by atomic mass is 9.93. The molecule has 0 aliphatic heterocycles. The van der Waals surface area contributed by atoms with Gasteiger partial charge in [0.05, 0.1) is 58.2 Å². The fourth-order valence-electron chi connectivity index (χ4n) is 3.35. The molecule has 8 heteroatoms. The summed E-state index contributed by atoms with van der Waals surface area (Å²) in [5.41, 5.74) is 2.58. The fourth-order valence-corrected chi connectivity index (χ4v) is 3.54. The van der Waals surface area contributed by atoms with E-state index in [1.165, 1.54) is 7.11 Å². The van der Waals surface area contributed by atoms with E-state index in [4.69, 9.17) is 35.3 Å². The number of methoxy groups -OCH3 is 5. The second-order valence-electron chi connectivity index (χ2n) is 6.23. The highest BCUT2D eigenvalue weighted by Gasteiger charge is 2.24. The third kappa shape index (κ3) is 3.68. The molecular formula is C22H22ClNO6. The maximum Gasteiger partial charge on any atom is 0.340 e. The molecule has 0 fully saturated rings. The molecule has 0 saturated carbocycles. The zero-order valence-electron chi connectivity index (χ0n) is 17.4. The molecule has 1 heterocycles. The van der Waals surface area contributed by atoms with Gasteiger partial charge in [-0.15, -0.1) is 11.6 Å². The number of rotatable bonds is 7. The third-order valence-corrected chi connectivity index (χ3v) is 5.01. The van der Waals surface area contributed by atoms with Gasteiger partial charge in [-0.3, -0.25) is 4.98 Å². The van der Waals surface area contributed by atoms with Crippen LogP contribution < -0.4 is 18.9 Å². The van der Waals surface area contributed by atoms with Gasteiger partial charge in [0.15, 0.2) is 23.0 Å². The van der Waals surface area contributed by atoms with Gasteiger partial charge in [-0.25, -0.2) is 4.79 Å². The van der Waals surface area contributed by atoms with Crippen molar-refractivity contribution in [2.24, 2.45) is 0 Å². The molecule has 0 spiro atoms. The highest BCUT2D eigenvalue weighted by molar-refractivity contribution is 6.18. The highest BCUT2D eigenvalue weighted by Crippen LogP contribution is 2.41. The number of aromatic nitrogens is 1. The van der Waals surface area contributed by atoms with Crippen LogP contribution >= 0.6 is 11.6 Å². The Labute approximate surface area is 179 Å². The van der Waals surface area contributed by atoms with Gasteiger partial charge < -0.3 is 23.7 Å². The Kier molecular flexibility index (Phi) is 6.52. The number of hydrogen-bond donors (Lipinski definition) is 0. The molecule has 158 valence electrons. The number of ether oxygens (including phenoxy) is 5. The Bertz CT molecular complexity index is 1100. The molecule has 30 heavy (non-hydrogen) atoms. The standard InChI is InChI=1S/C22H22ClNO6/c1-26-16-7-6-12(8-17(16)27-2)20-13-9-18(28-3)19(29-4)10-14(13)24-15(11-23)21(20)22(25)30-5/h6-10H,11H2,1-5H3. The van der Waals surface area contributed by atoms with Crippen LogP contribution in [0.4, 0.5) is 0 Å². The van der Waals surface area contributed by atoms with Gasteiger partial charge in [-0.2, -0.15) is 0 Å². The molecule has 0 N–H and O–H groups in total. The van der Waals surface area contributed by atoms with Gasteiger partial charge in [-0.1, -0.05) is 6.07 Å². The van der Waals surface area contributed by atoms with Crippen LogP contribution in [0.25, 0.3) is 22.0 Å². The maximum atomic E-state index is 12.8. The van der Waals surface area contributed by atoms with E-state index >= 15 is 0 Å². The molecule has 0 radical (unpaired) electrons. The third-order valence-electron chi connectivity index (χ3n) is 4.75. The first-order valence-corrected chi connectivity index (χ1v) is 9.51. The quantitative estimate of drug-likeness (QED) is 0.403. The van der Waals surface area contributed by atoms with Crippen molar-refractivity contribution in [1.82, 2.24) is 4.98 Å². The van der Waals surface area contributed by atoms with Gasteiger partial charge in [-0.05, 0) is 23.8 Å². The van der Waals surface area contributed by atoms with Crippen molar-refractivity contribution < 1.29 is 28.5 Å². The Balaban J connectivity index is 2.48. The molecule has 0 unspecified atom stereocenters. The number of nitrogens with zero attached hydrogens (tertiary/aromatic N) is 1. The topological polar surface area (TPSA) is 76.1 Å². The largest absolute Gasteiger partial charge is 0.493 e. The van der Waals surface area contributed by atoms with Crippen molar-refractivity contribution in [2.45, 2.75) is 5.88 Å². The lowest BCUT2D eigenvalue weighted by molar-refractivity contribution is 0.0600. The maximum absolute atomic E-state index is 12.8. The normalized spacial score (nSPS) is 10.6. The number of fused-ring (bicyclic) bond motifs is 1. The molecule has 3 rings (SSSR count). The minimum Gasteiger partial charge on any atom is -0.493 e. The van der Waals surface area contributed by atoms with Gasteiger partial charge >= 0.3 is 5.97 Å². The zero-order chi connectivity index (χ0) is 21.8. The van der Waals surface area contributed by atoms with Crippen molar-refractivity contribution in [3.05, 3.63) is 41.6 Å². The van der Waals surface area contributed by atoms with Crippen molar-refractivity contribution in [3.8, 4) is 34.1 Å². The number of benzene rings is 2. The Morgan fingerprint density at radius 3 is 2.03 bits per heavy atom. The summed E-state index contributed by atoms with van der Waals surface area (Å²) >= 11 is 6.16. The van der Waals surface area contributed by atoms with E-state index in [2.05, 4.69) is 4.98 Å². The predicted octanol–water partition coefficient (Wildman–Crippen LogP) is 4.46. The molecular weight excluding hydrogens is 410 g/mol. The van der Waals surface area contributed by atoms with E-state index in [-0.39, 0.29) is 11.4 Å². The number of carbonyl (C=O) groups excluding carboxylic acids is 1.